The van der Waals surface area contributed by atoms with Crippen LogP contribution in [-0.2, 0) is 13.2 Å². The second-order valence-electron chi connectivity index (χ2n) is 7.00. The number of hydrogen-bond acceptors (Lipinski definition) is 3. The monoisotopic (exact) mass is 331 g/mol. The van der Waals surface area contributed by atoms with Gasteiger partial charge < -0.3 is 20.6 Å². The van der Waals surface area contributed by atoms with Gasteiger partial charge in [-0.3, -0.25) is 0 Å². The van der Waals surface area contributed by atoms with E-state index in [0.29, 0.717) is 6.54 Å². The first-order valence-electron chi connectivity index (χ1n) is 9.22. The lowest BCUT2D eigenvalue weighted by Crippen LogP contribution is -2.49. The Hall–Kier alpha value is -1.59. The predicted octanol–water partition coefficient (Wildman–Crippen LogP) is 2.39. The smallest absolute Gasteiger partial charge is 0.315 e. The van der Waals surface area contributed by atoms with Gasteiger partial charge in [-0.2, -0.15) is 0 Å². The van der Waals surface area contributed by atoms with E-state index in [4.69, 9.17) is 0 Å². The van der Waals surface area contributed by atoms with Crippen molar-refractivity contribution >= 4 is 6.03 Å². The number of benzene rings is 1. The molecule has 1 saturated carbocycles. The first kappa shape index (κ1) is 17.2. The lowest BCUT2D eigenvalue weighted by atomic mass is 10.0. The van der Waals surface area contributed by atoms with E-state index in [2.05, 4.69) is 15.5 Å². The van der Waals surface area contributed by atoms with Gasteiger partial charge in [0.05, 0.1) is 6.61 Å². The molecule has 5 nitrogen and oxygen atoms in total. The van der Waals surface area contributed by atoms with Gasteiger partial charge in [0.2, 0.25) is 0 Å². The van der Waals surface area contributed by atoms with Crippen LogP contribution in [0.2, 0.25) is 0 Å². The van der Waals surface area contributed by atoms with E-state index in [1.807, 2.05) is 24.3 Å². The molecule has 1 aliphatic heterocycles. The number of hydrogen-bond donors (Lipinski definition) is 3. The number of aliphatic hydroxyl groups is 1. The fourth-order valence-electron chi connectivity index (χ4n) is 3.97. The number of urea groups is 1. The molecule has 24 heavy (non-hydrogen) atoms. The second kappa shape index (κ2) is 8.49. The van der Waals surface area contributed by atoms with Crippen molar-refractivity contribution in [3.63, 3.8) is 0 Å². The molecule has 1 aromatic carbocycles. The summed E-state index contributed by atoms with van der Waals surface area (Å²) in [5.74, 6) is 0. The summed E-state index contributed by atoms with van der Waals surface area (Å²) in [5, 5.41) is 15.3. The molecule has 0 aromatic heterocycles. The Bertz CT molecular complexity index is 535. The molecule has 1 heterocycles. The zero-order valence-corrected chi connectivity index (χ0v) is 14.3. The van der Waals surface area contributed by atoms with Gasteiger partial charge in [-0.05, 0) is 36.8 Å². The molecule has 1 saturated heterocycles. The topological polar surface area (TPSA) is 64.6 Å². The molecular weight excluding hydrogens is 302 g/mol. The summed E-state index contributed by atoms with van der Waals surface area (Å²) >= 11 is 0. The highest BCUT2D eigenvalue weighted by atomic mass is 16.3. The number of piperidine rings is 1. The maximum absolute atomic E-state index is 12.1. The van der Waals surface area contributed by atoms with E-state index in [1.54, 1.807) is 0 Å². The fraction of sp³-hybridized carbons (Fsp3) is 0.632. The Labute approximate surface area is 144 Å². The SMILES string of the molecule is O=C(NCc1ccccc1CO)NC1CCN(C2CCCC2)CC1. The lowest BCUT2D eigenvalue weighted by Gasteiger charge is -2.36. The third-order valence-electron chi connectivity index (χ3n) is 5.43. The summed E-state index contributed by atoms with van der Waals surface area (Å²) in [5.41, 5.74) is 1.83. The van der Waals surface area contributed by atoms with Crippen molar-refractivity contribution in [3.05, 3.63) is 35.4 Å². The summed E-state index contributed by atoms with van der Waals surface area (Å²) in [7, 11) is 0. The summed E-state index contributed by atoms with van der Waals surface area (Å²) < 4.78 is 0. The number of nitrogens with one attached hydrogen (secondary N) is 2. The van der Waals surface area contributed by atoms with Crippen molar-refractivity contribution in [2.45, 2.75) is 63.8 Å². The van der Waals surface area contributed by atoms with E-state index in [-0.39, 0.29) is 18.7 Å². The molecule has 2 amide bonds. The molecule has 3 N–H and O–H groups in total. The number of rotatable bonds is 5. The third kappa shape index (κ3) is 4.48. The maximum atomic E-state index is 12.1. The summed E-state index contributed by atoms with van der Waals surface area (Å²) in [6, 6.07) is 8.59. The lowest BCUT2D eigenvalue weighted by molar-refractivity contribution is 0.145. The van der Waals surface area contributed by atoms with Crippen molar-refractivity contribution in [2.75, 3.05) is 13.1 Å². The Morgan fingerprint density at radius 3 is 2.42 bits per heavy atom. The highest BCUT2D eigenvalue weighted by Gasteiger charge is 2.27. The average molecular weight is 331 g/mol. The van der Waals surface area contributed by atoms with Gasteiger partial charge in [-0.25, -0.2) is 4.79 Å². The summed E-state index contributed by atoms with van der Waals surface area (Å²) in [6.07, 6.45) is 7.53. The number of carbonyl (C=O) groups excluding carboxylic acids is 1. The van der Waals surface area contributed by atoms with Crippen LogP contribution in [0.1, 0.15) is 49.7 Å². The van der Waals surface area contributed by atoms with E-state index in [9.17, 15) is 9.90 Å². The van der Waals surface area contributed by atoms with Crippen LogP contribution in [0, 0.1) is 0 Å². The molecular formula is C19H29N3O2. The van der Waals surface area contributed by atoms with E-state index in [1.165, 1.54) is 25.7 Å². The Balaban J connectivity index is 1.39. The van der Waals surface area contributed by atoms with Crippen LogP contribution in [-0.4, -0.2) is 41.2 Å². The number of amides is 2. The van der Waals surface area contributed by atoms with Crippen LogP contribution in [0.15, 0.2) is 24.3 Å². The minimum Gasteiger partial charge on any atom is -0.392 e. The highest BCUT2D eigenvalue weighted by Crippen LogP contribution is 2.26. The fourth-order valence-corrected chi connectivity index (χ4v) is 3.97. The summed E-state index contributed by atoms with van der Waals surface area (Å²) in [6.45, 7) is 2.65. The van der Waals surface area contributed by atoms with Crippen LogP contribution in [0.25, 0.3) is 0 Å². The van der Waals surface area contributed by atoms with Gasteiger partial charge in [0.1, 0.15) is 0 Å². The van der Waals surface area contributed by atoms with Gasteiger partial charge in [0, 0.05) is 31.7 Å². The third-order valence-corrected chi connectivity index (χ3v) is 5.43. The average Bonchev–Trinajstić information content (AvgIpc) is 3.15. The number of carbonyl (C=O) groups is 1. The first-order chi connectivity index (χ1) is 11.8. The normalized spacial score (nSPS) is 20.2. The second-order valence-corrected chi connectivity index (χ2v) is 7.00. The molecule has 0 spiro atoms. The van der Waals surface area contributed by atoms with Gasteiger partial charge in [0.25, 0.3) is 0 Å². The zero-order valence-electron chi connectivity index (χ0n) is 14.3. The van der Waals surface area contributed by atoms with Crippen molar-refractivity contribution in [1.29, 1.82) is 0 Å². The van der Waals surface area contributed by atoms with Crippen LogP contribution in [0.3, 0.4) is 0 Å². The number of likely N-dealkylation sites (tertiary alicyclic amines) is 1. The highest BCUT2D eigenvalue weighted by molar-refractivity contribution is 5.74. The standard InChI is InChI=1S/C19H29N3O2/c23-14-16-6-2-1-5-15(16)13-20-19(24)21-17-9-11-22(12-10-17)18-7-3-4-8-18/h1-2,5-6,17-18,23H,3-4,7-14H2,(H2,20,21,24). The van der Waals surface area contributed by atoms with Crippen molar-refractivity contribution in [3.8, 4) is 0 Å². The molecule has 2 fully saturated rings. The molecule has 0 atom stereocenters. The van der Waals surface area contributed by atoms with E-state index in [0.717, 1.165) is 43.1 Å². The minimum atomic E-state index is -0.109. The molecule has 3 rings (SSSR count). The van der Waals surface area contributed by atoms with Gasteiger partial charge in [-0.1, -0.05) is 37.1 Å². The van der Waals surface area contributed by atoms with Crippen LogP contribution in [0.5, 0.6) is 0 Å². The Morgan fingerprint density at radius 2 is 1.75 bits per heavy atom. The minimum absolute atomic E-state index is 0.000894. The van der Waals surface area contributed by atoms with Crippen LogP contribution >= 0.6 is 0 Å². The molecule has 1 aliphatic carbocycles. The van der Waals surface area contributed by atoms with Crippen molar-refractivity contribution < 1.29 is 9.90 Å². The van der Waals surface area contributed by atoms with Crippen molar-refractivity contribution in [2.24, 2.45) is 0 Å². The van der Waals surface area contributed by atoms with E-state index >= 15 is 0 Å². The quantitative estimate of drug-likeness (QED) is 0.776. The molecule has 0 radical (unpaired) electrons. The number of nitrogens with zero attached hydrogens (tertiary/aromatic N) is 1. The first-order valence-corrected chi connectivity index (χ1v) is 9.22. The van der Waals surface area contributed by atoms with Gasteiger partial charge in [-0.15, -0.1) is 0 Å². The molecule has 132 valence electrons. The maximum Gasteiger partial charge on any atom is 0.315 e. The van der Waals surface area contributed by atoms with Crippen molar-refractivity contribution in [1.82, 2.24) is 15.5 Å². The molecule has 1 aromatic rings. The zero-order chi connectivity index (χ0) is 16.8. The molecule has 0 bridgehead atoms. The molecule has 0 unspecified atom stereocenters. The van der Waals surface area contributed by atoms with E-state index < -0.39 is 0 Å². The van der Waals surface area contributed by atoms with Gasteiger partial charge >= 0.3 is 6.03 Å². The summed E-state index contributed by atoms with van der Waals surface area (Å²) in [4.78, 5) is 14.7. The van der Waals surface area contributed by atoms with Gasteiger partial charge in [0.15, 0.2) is 0 Å². The number of aliphatic hydroxyl groups excluding tert-OH is 1. The molecule has 5 heteroatoms. The largest absolute Gasteiger partial charge is 0.392 e. The predicted molar refractivity (Wildman–Crippen MR) is 94.6 cm³/mol. The Kier molecular flexibility index (Phi) is 6.10. The van der Waals surface area contributed by atoms with Crippen LogP contribution < -0.4 is 10.6 Å². The van der Waals surface area contributed by atoms with Crippen LogP contribution in [0.4, 0.5) is 4.79 Å². The Morgan fingerprint density at radius 1 is 1.08 bits per heavy atom. The molecule has 2 aliphatic rings.